The highest BCUT2D eigenvalue weighted by Crippen LogP contribution is 2.16. The number of carbonyl (C=O) groups excluding carboxylic acids is 2. The first-order valence-electron chi connectivity index (χ1n) is 9.41. The molecule has 0 aliphatic heterocycles. The van der Waals surface area contributed by atoms with Gasteiger partial charge >= 0.3 is 0 Å². The summed E-state index contributed by atoms with van der Waals surface area (Å²) in [6, 6.07) is 18.7. The van der Waals surface area contributed by atoms with Crippen LogP contribution in [0.15, 0.2) is 60.7 Å². The lowest BCUT2D eigenvalue weighted by Crippen LogP contribution is -2.50. The van der Waals surface area contributed by atoms with Gasteiger partial charge in [-0.25, -0.2) is 0 Å². The van der Waals surface area contributed by atoms with Crippen molar-refractivity contribution in [2.24, 2.45) is 0 Å². The largest absolute Gasteiger partial charge is 0.395 e. The van der Waals surface area contributed by atoms with Gasteiger partial charge in [-0.3, -0.25) is 9.59 Å². The van der Waals surface area contributed by atoms with Gasteiger partial charge in [0.25, 0.3) is 0 Å². The van der Waals surface area contributed by atoms with Crippen molar-refractivity contribution in [1.82, 2.24) is 10.2 Å². The second-order valence-electron chi connectivity index (χ2n) is 6.48. The summed E-state index contributed by atoms with van der Waals surface area (Å²) in [5.41, 5.74) is 1.97. The fraction of sp³-hybridized carbons (Fsp3) is 0.364. The molecule has 0 aromatic heterocycles. The van der Waals surface area contributed by atoms with Gasteiger partial charge in [-0.05, 0) is 17.5 Å². The predicted octanol–water partition coefficient (Wildman–Crippen LogP) is 2.54. The molecule has 0 saturated heterocycles. The Balaban J connectivity index is 2.31. The zero-order valence-corrected chi connectivity index (χ0v) is 15.8. The van der Waals surface area contributed by atoms with Crippen LogP contribution in [0.25, 0.3) is 0 Å². The number of aliphatic hydroxyl groups excluding tert-OH is 1. The molecule has 0 bridgehead atoms. The summed E-state index contributed by atoms with van der Waals surface area (Å²) < 4.78 is 0. The van der Waals surface area contributed by atoms with Gasteiger partial charge < -0.3 is 15.3 Å². The Kier molecular flexibility index (Phi) is 8.52. The smallest absolute Gasteiger partial charge is 0.243 e. The van der Waals surface area contributed by atoms with Crippen molar-refractivity contribution in [3.8, 4) is 0 Å². The van der Waals surface area contributed by atoms with Gasteiger partial charge in [0.2, 0.25) is 11.8 Å². The molecule has 27 heavy (non-hydrogen) atoms. The number of rotatable bonds is 10. The zero-order valence-electron chi connectivity index (χ0n) is 15.8. The number of hydrogen-bond acceptors (Lipinski definition) is 3. The van der Waals surface area contributed by atoms with Crippen molar-refractivity contribution in [3.05, 3.63) is 71.8 Å². The quantitative estimate of drug-likeness (QED) is 0.677. The zero-order chi connectivity index (χ0) is 19.5. The lowest BCUT2D eigenvalue weighted by Gasteiger charge is -2.31. The molecule has 1 unspecified atom stereocenters. The first kappa shape index (κ1) is 20.6. The standard InChI is InChI=1S/C22H28N2O3/c1-2-9-21(26)24(17-19-12-7-4-8-13-19)20(22(27)23-14-15-25)16-18-10-5-3-6-11-18/h3-8,10-13,20,25H,2,9,14-17H2,1H3,(H,23,27). The second kappa shape index (κ2) is 11.1. The Hall–Kier alpha value is -2.66. The van der Waals surface area contributed by atoms with E-state index < -0.39 is 6.04 Å². The van der Waals surface area contributed by atoms with Crippen molar-refractivity contribution in [2.45, 2.75) is 38.8 Å². The third-order valence-electron chi connectivity index (χ3n) is 4.34. The Morgan fingerprint density at radius 2 is 1.59 bits per heavy atom. The molecule has 0 aliphatic carbocycles. The van der Waals surface area contributed by atoms with Gasteiger partial charge in [-0.1, -0.05) is 67.6 Å². The molecule has 5 nitrogen and oxygen atoms in total. The number of carbonyl (C=O) groups is 2. The number of benzene rings is 2. The monoisotopic (exact) mass is 368 g/mol. The van der Waals surface area contributed by atoms with E-state index in [-0.39, 0.29) is 25.0 Å². The third-order valence-corrected chi connectivity index (χ3v) is 4.34. The van der Waals surface area contributed by atoms with Crippen molar-refractivity contribution >= 4 is 11.8 Å². The molecular formula is C22H28N2O3. The van der Waals surface area contributed by atoms with Crippen molar-refractivity contribution in [2.75, 3.05) is 13.2 Å². The summed E-state index contributed by atoms with van der Waals surface area (Å²) in [6.45, 7) is 2.37. The van der Waals surface area contributed by atoms with Crippen LogP contribution < -0.4 is 5.32 Å². The summed E-state index contributed by atoms with van der Waals surface area (Å²) in [5.74, 6) is -0.283. The first-order chi connectivity index (χ1) is 13.2. The Bertz CT molecular complexity index is 704. The number of nitrogens with one attached hydrogen (secondary N) is 1. The lowest BCUT2D eigenvalue weighted by atomic mass is 10.0. The van der Waals surface area contributed by atoms with Gasteiger partial charge in [0.05, 0.1) is 6.61 Å². The van der Waals surface area contributed by atoms with Crippen LogP contribution in [-0.2, 0) is 22.6 Å². The third kappa shape index (κ3) is 6.53. The fourth-order valence-electron chi connectivity index (χ4n) is 2.99. The van der Waals surface area contributed by atoms with Crippen LogP contribution in [0, 0.1) is 0 Å². The van der Waals surface area contributed by atoms with Crippen LogP contribution in [-0.4, -0.2) is 41.0 Å². The highest BCUT2D eigenvalue weighted by Gasteiger charge is 2.29. The number of hydrogen-bond donors (Lipinski definition) is 2. The summed E-state index contributed by atoms with van der Waals surface area (Å²) in [6.07, 6.45) is 1.55. The molecule has 2 amide bonds. The van der Waals surface area contributed by atoms with E-state index in [0.717, 1.165) is 17.5 Å². The first-order valence-corrected chi connectivity index (χ1v) is 9.41. The van der Waals surface area contributed by atoms with Gasteiger partial charge in [0, 0.05) is 25.9 Å². The molecule has 0 heterocycles. The van der Waals surface area contributed by atoms with Crippen LogP contribution in [0.3, 0.4) is 0 Å². The molecule has 1 atom stereocenters. The summed E-state index contributed by atoms with van der Waals surface area (Å²) in [7, 11) is 0. The average molecular weight is 368 g/mol. The van der Waals surface area contributed by atoms with Gasteiger partial charge in [0.1, 0.15) is 6.04 Å². The van der Waals surface area contributed by atoms with E-state index >= 15 is 0 Å². The highest BCUT2D eigenvalue weighted by molar-refractivity contribution is 5.88. The van der Waals surface area contributed by atoms with Crippen LogP contribution in [0.1, 0.15) is 30.9 Å². The van der Waals surface area contributed by atoms with Gasteiger partial charge in [-0.15, -0.1) is 0 Å². The van der Waals surface area contributed by atoms with Gasteiger partial charge in [0.15, 0.2) is 0 Å². The molecule has 0 radical (unpaired) electrons. The van der Waals surface area contributed by atoms with Crippen LogP contribution in [0.2, 0.25) is 0 Å². The molecular weight excluding hydrogens is 340 g/mol. The molecule has 0 aliphatic rings. The van der Waals surface area contributed by atoms with E-state index in [1.165, 1.54) is 0 Å². The van der Waals surface area contributed by atoms with Crippen LogP contribution >= 0.6 is 0 Å². The molecule has 2 N–H and O–H groups in total. The minimum Gasteiger partial charge on any atom is -0.395 e. The topological polar surface area (TPSA) is 69.6 Å². The van der Waals surface area contributed by atoms with Crippen molar-refractivity contribution < 1.29 is 14.7 Å². The molecule has 0 fully saturated rings. The van der Waals surface area contributed by atoms with E-state index in [0.29, 0.717) is 19.4 Å². The highest BCUT2D eigenvalue weighted by atomic mass is 16.3. The average Bonchev–Trinajstić information content (AvgIpc) is 2.70. The lowest BCUT2D eigenvalue weighted by molar-refractivity contribution is -0.141. The molecule has 2 aromatic carbocycles. The SMILES string of the molecule is CCCC(=O)N(Cc1ccccc1)C(Cc1ccccc1)C(=O)NCCO. The number of aliphatic hydroxyl groups is 1. The molecule has 2 aromatic rings. The van der Waals surface area contributed by atoms with E-state index in [2.05, 4.69) is 5.32 Å². The number of amides is 2. The van der Waals surface area contributed by atoms with Crippen LogP contribution in [0.4, 0.5) is 0 Å². The van der Waals surface area contributed by atoms with E-state index in [9.17, 15) is 9.59 Å². The summed E-state index contributed by atoms with van der Waals surface area (Å²) in [4.78, 5) is 27.4. The molecule has 144 valence electrons. The van der Waals surface area contributed by atoms with E-state index in [1.54, 1.807) is 4.90 Å². The molecule has 0 spiro atoms. The van der Waals surface area contributed by atoms with E-state index in [4.69, 9.17) is 5.11 Å². The maximum absolute atomic E-state index is 12.9. The molecule has 5 heteroatoms. The van der Waals surface area contributed by atoms with Crippen molar-refractivity contribution in [3.63, 3.8) is 0 Å². The normalized spacial score (nSPS) is 11.6. The Morgan fingerprint density at radius 3 is 2.15 bits per heavy atom. The fourth-order valence-corrected chi connectivity index (χ4v) is 2.99. The molecule has 2 rings (SSSR count). The number of nitrogens with zero attached hydrogens (tertiary/aromatic N) is 1. The summed E-state index contributed by atoms with van der Waals surface area (Å²) >= 11 is 0. The predicted molar refractivity (Wildman–Crippen MR) is 106 cm³/mol. The van der Waals surface area contributed by atoms with Gasteiger partial charge in [-0.2, -0.15) is 0 Å². The maximum Gasteiger partial charge on any atom is 0.243 e. The Labute approximate surface area is 161 Å². The van der Waals surface area contributed by atoms with Crippen LogP contribution in [0.5, 0.6) is 0 Å². The second-order valence-corrected chi connectivity index (χ2v) is 6.48. The van der Waals surface area contributed by atoms with Crippen molar-refractivity contribution in [1.29, 1.82) is 0 Å². The minimum absolute atomic E-state index is 0.0403. The Morgan fingerprint density at radius 1 is 1.00 bits per heavy atom. The molecule has 0 saturated carbocycles. The summed E-state index contributed by atoms with van der Waals surface area (Å²) in [5, 5.41) is 11.8. The maximum atomic E-state index is 12.9. The van der Waals surface area contributed by atoms with E-state index in [1.807, 2.05) is 67.6 Å². The minimum atomic E-state index is -0.627.